The first-order chi connectivity index (χ1) is 60.6. The van der Waals surface area contributed by atoms with Crippen molar-refractivity contribution in [1.29, 1.82) is 0 Å². The Morgan fingerprint density at radius 1 is 0.385 bits per heavy atom. The molecule has 12 rings (SSSR count). The Morgan fingerprint density at radius 3 is 1.09 bits per heavy atom. The molecule has 0 aliphatic carbocycles. The molecule has 652 valence electrons. The van der Waals surface area contributed by atoms with E-state index in [1.165, 1.54) is 105 Å². The Kier molecular flexibility index (Phi) is 40.0. The number of aromatic nitrogens is 6. The fourth-order valence-electron chi connectivity index (χ4n) is 11.3. The summed E-state index contributed by atoms with van der Waals surface area (Å²) in [5.74, 6) is 17.3. The second kappa shape index (κ2) is 49.6. The smallest absolute Gasteiger partial charge is 0.744 e. The molecule has 0 radical (unpaired) electrons. The molecule has 0 spiro atoms. The van der Waals surface area contributed by atoms with E-state index in [1.807, 2.05) is 0 Å². The van der Waals surface area contributed by atoms with Gasteiger partial charge in [-0.15, -0.1) is 10.2 Å². The summed E-state index contributed by atoms with van der Waals surface area (Å²) >= 11 is 0.983. The first-order valence-electron chi connectivity index (χ1n) is 35.4. The fraction of sp³-hybridized carbons (Fsp3) is 0.108. The molecular weight excluding hydrogens is 1760 g/mol. The molecule has 0 atom stereocenters. The van der Waals surface area contributed by atoms with Gasteiger partial charge in [0.05, 0.1) is 118 Å². The molecule has 0 saturated heterocycles. The number of nitrogens with zero attached hydrogens (tertiary/aromatic N) is 14. The maximum absolute atomic E-state index is 12.2. The number of aliphatic hydroxyl groups is 2. The van der Waals surface area contributed by atoms with Crippen LogP contribution in [0.2, 0.25) is 0 Å². The SMILES string of the molecule is COc1cc(Nc2nc(NCCO)nc(Nc3ccc(N=Nc4cc(SOO[O-])c5cccc(S(=O)(=O)[O-])c5c4)c(OC)c3)n2)ccc1N=Nc1cc(S(=O)(=O)[O-])c2cccc(SOO[O-])c2c1.Cc1cc(Nc2nc(NCCO)nc(Nc3ccc(N=Nc4cc(C(=O)ON)cc(C(=O)ON)c4)c(C)c3)n2)ccc1N=Nc1cc(C(=O)ON)cc(C(=O)ON)c1.[Li+].[Li+].[Li+].[Li+]. The summed E-state index contributed by atoms with van der Waals surface area (Å²) in [6, 6.07) is 40.9. The zero-order valence-electron chi connectivity index (χ0n) is 69.1. The van der Waals surface area contributed by atoms with Crippen LogP contribution in [-0.4, -0.2) is 130 Å². The van der Waals surface area contributed by atoms with Crippen molar-refractivity contribution in [2.75, 3.05) is 72.4 Å². The van der Waals surface area contributed by atoms with Gasteiger partial charge in [0, 0.05) is 73.9 Å². The van der Waals surface area contributed by atoms with E-state index >= 15 is 0 Å². The number of aliphatic hydroxyl groups excluding tert-OH is 2. The molecule has 0 aliphatic rings. The summed E-state index contributed by atoms with van der Waals surface area (Å²) in [4.78, 5) is 90.9. The second-order valence-electron chi connectivity index (χ2n) is 25.1. The van der Waals surface area contributed by atoms with E-state index in [1.54, 1.807) is 80.6 Å². The Hall–Kier alpha value is -12.2. The summed E-state index contributed by atoms with van der Waals surface area (Å²) in [7, 11) is -7.14. The maximum atomic E-state index is 12.2. The molecule has 0 unspecified atom stereocenters. The number of carbonyl (C=O) groups is 4. The van der Waals surface area contributed by atoms with Crippen LogP contribution in [0.5, 0.6) is 11.5 Å². The molecule has 130 heavy (non-hydrogen) atoms. The third-order valence-corrected chi connectivity index (χ3v) is 19.9. The number of rotatable bonds is 36. The Bertz CT molecular complexity index is 6270. The van der Waals surface area contributed by atoms with Crippen molar-refractivity contribution in [3.05, 3.63) is 203 Å². The summed E-state index contributed by atoms with van der Waals surface area (Å²) in [5.41, 5.74) is 4.66. The minimum atomic E-state index is -4.99. The summed E-state index contributed by atoms with van der Waals surface area (Å²) in [6.45, 7) is 3.40. The number of nitrogens with one attached hydrogen (secondary N) is 6. The number of azo groups is 4. The number of hydrogen-bond acceptors (Lipinski definition) is 50. The number of anilines is 10. The summed E-state index contributed by atoms with van der Waals surface area (Å²) in [6.07, 6.45) is 0. The van der Waals surface area contributed by atoms with Crippen LogP contribution in [0, 0.1) is 13.8 Å². The number of methoxy groups -OCH3 is 2. The first kappa shape index (κ1) is 105. The van der Waals surface area contributed by atoms with Crippen LogP contribution < -0.4 is 151 Å². The van der Waals surface area contributed by atoms with Gasteiger partial charge in [0.15, 0.2) is 0 Å². The fourth-order valence-corrected chi connectivity index (χ4v) is 13.7. The topological polar surface area (TPSA) is 714 Å². The van der Waals surface area contributed by atoms with Crippen LogP contribution in [0.25, 0.3) is 21.5 Å². The van der Waals surface area contributed by atoms with Crippen LogP contribution >= 0.6 is 24.1 Å². The normalized spacial score (nSPS) is 11.2. The zero-order valence-corrected chi connectivity index (χ0v) is 72.3. The molecule has 48 nitrogen and oxygen atoms in total. The quantitative estimate of drug-likeness (QED) is 0.00533. The second-order valence-corrected chi connectivity index (χ2v) is 29.3. The maximum Gasteiger partial charge on any atom is 1.00 e. The van der Waals surface area contributed by atoms with Crippen molar-refractivity contribution in [3.8, 4) is 11.5 Å². The van der Waals surface area contributed by atoms with Crippen LogP contribution in [0.1, 0.15) is 52.6 Å². The van der Waals surface area contributed by atoms with Gasteiger partial charge >= 0.3 is 99.3 Å². The monoisotopic (exact) mass is 1830 g/mol. The van der Waals surface area contributed by atoms with Gasteiger partial charge < -0.3 is 90.6 Å². The molecule has 0 fully saturated rings. The molecule has 56 heteroatoms. The number of fused-ring (bicyclic) bond motifs is 2. The Morgan fingerprint density at radius 2 is 0.723 bits per heavy atom. The van der Waals surface area contributed by atoms with Crippen LogP contribution in [0.4, 0.5) is 104 Å². The Balaban J connectivity index is 0.000000349. The number of nitrogens with two attached hydrogens (primary N) is 4. The number of aryl methyl sites for hydroxylation is 2. The average Bonchev–Trinajstić information content (AvgIpc) is 0.774. The molecule has 10 aromatic carbocycles. The van der Waals surface area contributed by atoms with E-state index in [-0.39, 0.29) is 237 Å². The molecule has 0 amide bonds. The predicted octanol–water partition coefficient (Wildman–Crippen LogP) is -1.46. The molecular formula is C74H64Li4N24O24S4. The van der Waals surface area contributed by atoms with Gasteiger partial charge in [-0.05, 0) is 164 Å². The molecule has 2 aromatic heterocycles. The standard InChI is InChI=1S/C39H34N10O15S4.C35H34N14O9.4Li/c1-59-31-17-21(9-11-29(31)48-46-23-16-28-25(34(19-23)66-64-62-52)5-4-8-35(28)67(53,54)55)41-38-43-37(40-13-14-50)44-39(45-38)42-22-10-12-30(32(18-22)60-2)49-47-24-15-27-26(36(20-24)68(56,57)58)6-3-7-33(27)65-63-61-51;1-17-9-23(3-5-27(17)48-46-25-13-19(29(51)55-36)11-20(14-25)30(52)56-37)41-34-43-33(40-7-8-50)44-35(45-34)42-24-4-6-28(18(2)10-24)49-47-26-15-21(31(53)57-38)12-22(16-26)32(54)58-39;;;;/h3-12,15-20,50-52H,13-14H2,1-2H3,(H,53,54,55)(H,56,57,58)(H3,40,41,42,43,44,45);3-6,9-16,50H,7-8,36-39H2,1-2H3,(H3,40,41,42,43,44,45);;;;/q;;4*+1/p-4. The number of hydrogen-bond donors (Lipinski definition) is 12. The van der Waals surface area contributed by atoms with Crippen LogP contribution in [0.3, 0.4) is 0 Å². The number of ether oxygens (including phenoxy) is 2. The van der Waals surface area contributed by atoms with E-state index in [4.69, 9.17) is 33.1 Å². The van der Waals surface area contributed by atoms with Gasteiger partial charge in [-0.3, -0.25) is 10.1 Å². The van der Waals surface area contributed by atoms with Crippen molar-refractivity contribution in [2.24, 2.45) is 64.5 Å². The Labute approximate surface area is 791 Å². The van der Waals surface area contributed by atoms with Crippen molar-refractivity contribution in [3.63, 3.8) is 0 Å². The van der Waals surface area contributed by atoms with Crippen LogP contribution in [0.15, 0.2) is 230 Å². The van der Waals surface area contributed by atoms with E-state index in [0.717, 1.165) is 12.1 Å². The largest absolute Gasteiger partial charge is 1.00 e. The summed E-state index contributed by atoms with van der Waals surface area (Å²) in [5, 5.41) is 99.1. The molecule has 12 aromatic rings. The minimum Gasteiger partial charge on any atom is -0.744 e. The third-order valence-electron chi connectivity index (χ3n) is 16.8. The average molecular weight is 1830 g/mol. The van der Waals surface area contributed by atoms with Crippen molar-refractivity contribution in [2.45, 2.75) is 33.4 Å². The number of benzene rings is 10. The molecule has 2 heterocycles. The molecule has 0 bridgehead atoms. The number of carbonyl (C=O) groups excluding carboxylic acids is 4. The van der Waals surface area contributed by atoms with Gasteiger partial charge in [-0.25, -0.2) is 36.0 Å². The van der Waals surface area contributed by atoms with Gasteiger partial charge in [0.25, 0.3) is 0 Å². The molecule has 0 saturated carbocycles. The van der Waals surface area contributed by atoms with Crippen molar-refractivity contribution in [1.82, 2.24) is 29.9 Å². The molecule has 0 aliphatic heterocycles. The van der Waals surface area contributed by atoms with Crippen molar-refractivity contribution >= 4 is 194 Å². The zero-order chi connectivity index (χ0) is 90.2. The van der Waals surface area contributed by atoms with Crippen molar-refractivity contribution < 1.29 is 189 Å². The summed E-state index contributed by atoms with van der Waals surface area (Å²) < 4.78 is 92.7. The third kappa shape index (κ3) is 28.4. The molecule has 16 N–H and O–H groups in total. The minimum absolute atomic E-state index is 0. The van der Waals surface area contributed by atoms with E-state index in [0.29, 0.717) is 69.3 Å². The van der Waals surface area contributed by atoms with E-state index in [9.17, 15) is 65.8 Å². The van der Waals surface area contributed by atoms with E-state index < -0.39 is 53.9 Å². The predicted molar refractivity (Wildman–Crippen MR) is 440 cm³/mol. The van der Waals surface area contributed by atoms with Gasteiger partial charge in [0.1, 0.15) is 43.1 Å². The van der Waals surface area contributed by atoms with Gasteiger partial charge in [-0.1, -0.05) is 24.3 Å². The van der Waals surface area contributed by atoms with Gasteiger partial charge in [0.2, 0.25) is 35.7 Å². The first-order valence-corrected chi connectivity index (χ1v) is 39.7. The van der Waals surface area contributed by atoms with Gasteiger partial charge in [-0.2, -0.15) is 92.8 Å². The van der Waals surface area contributed by atoms with E-state index in [2.05, 4.69) is 141 Å². The van der Waals surface area contributed by atoms with Crippen LogP contribution in [-0.2, 0) is 58.3 Å².